The molecule has 0 aliphatic carbocycles. The van der Waals surface area contributed by atoms with Crippen LogP contribution in [0, 0.1) is 5.92 Å². The van der Waals surface area contributed by atoms with E-state index >= 15 is 0 Å². The van der Waals surface area contributed by atoms with Crippen molar-refractivity contribution in [2.45, 2.75) is 58.1 Å². The molecule has 2 unspecified atom stereocenters. The average molecular weight is 286 g/mol. The predicted octanol–water partition coefficient (Wildman–Crippen LogP) is 1.83. The van der Waals surface area contributed by atoms with Gasteiger partial charge < -0.3 is 20.5 Å². The summed E-state index contributed by atoms with van der Waals surface area (Å²) in [6.45, 7) is 6.87. The lowest BCUT2D eigenvalue weighted by molar-refractivity contribution is -0.138. The first-order chi connectivity index (χ1) is 9.19. The average Bonchev–Trinajstić information content (AvgIpc) is 2.34. The molecule has 0 bridgehead atoms. The van der Waals surface area contributed by atoms with E-state index in [-0.39, 0.29) is 6.09 Å². The molecule has 1 fully saturated rings. The number of carboxylic acid groups (broad SMARTS) is 1. The molecule has 0 aromatic carbocycles. The molecule has 0 spiro atoms. The van der Waals surface area contributed by atoms with Gasteiger partial charge >= 0.3 is 12.1 Å². The molecule has 3 N–H and O–H groups in total. The van der Waals surface area contributed by atoms with Gasteiger partial charge in [-0.05, 0) is 52.4 Å². The number of aliphatic carboxylic acids is 1. The summed E-state index contributed by atoms with van der Waals surface area (Å²) in [5, 5.41) is 8.77. The first-order valence-corrected chi connectivity index (χ1v) is 7.15. The molecule has 0 radical (unpaired) electrons. The molecular weight excluding hydrogens is 260 g/mol. The number of carboxylic acids is 1. The zero-order chi connectivity index (χ0) is 15.3. The van der Waals surface area contributed by atoms with E-state index in [1.54, 1.807) is 4.90 Å². The van der Waals surface area contributed by atoms with Gasteiger partial charge in [-0.3, -0.25) is 4.79 Å². The van der Waals surface area contributed by atoms with Gasteiger partial charge in [-0.2, -0.15) is 0 Å². The summed E-state index contributed by atoms with van der Waals surface area (Å²) in [4.78, 5) is 24.4. The summed E-state index contributed by atoms with van der Waals surface area (Å²) in [5.41, 5.74) is 5.02. The lowest BCUT2D eigenvalue weighted by atomic mass is 9.92. The number of carbonyl (C=O) groups is 2. The van der Waals surface area contributed by atoms with Crippen molar-refractivity contribution in [3.8, 4) is 0 Å². The first kappa shape index (κ1) is 16.8. The summed E-state index contributed by atoms with van der Waals surface area (Å²) in [7, 11) is 0. The summed E-state index contributed by atoms with van der Waals surface area (Å²) in [5.74, 6) is -0.661. The number of likely N-dealkylation sites (tertiary alicyclic amines) is 1. The van der Waals surface area contributed by atoms with Gasteiger partial charge in [0.2, 0.25) is 0 Å². The van der Waals surface area contributed by atoms with Crippen LogP contribution in [0.1, 0.15) is 46.5 Å². The van der Waals surface area contributed by atoms with E-state index in [4.69, 9.17) is 15.6 Å². The van der Waals surface area contributed by atoms with Crippen molar-refractivity contribution < 1.29 is 19.4 Å². The van der Waals surface area contributed by atoms with Crippen LogP contribution in [0.2, 0.25) is 0 Å². The number of hydrogen-bond donors (Lipinski definition) is 2. The fourth-order valence-corrected chi connectivity index (χ4v) is 2.33. The Morgan fingerprint density at radius 3 is 2.65 bits per heavy atom. The van der Waals surface area contributed by atoms with Crippen LogP contribution >= 0.6 is 0 Å². The fraction of sp³-hybridized carbons (Fsp3) is 0.857. The molecule has 20 heavy (non-hydrogen) atoms. The third-order valence-corrected chi connectivity index (χ3v) is 3.37. The van der Waals surface area contributed by atoms with E-state index in [9.17, 15) is 9.59 Å². The maximum atomic E-state index is 12.0. The highest BCUT2D eigenvalue weighted by atomic mass is 16.6. The van der Waals surface area contributed by atoms with E-state index < -0.39 is 17.6 Å². The van der Waals surface area contributed by atoms with Crippen LogP contribution in [-0.4, -0.2) is 46.8 Å². The minimum absolute atomic E-state index is 0.287. The SMILES string of the molecule is CC(C)(C)OC(=O)N1CCCC(CCC(N)C(=O)O)C1. The Morgan fingerprint density at radius 1 is 1.45 bits per heavy atom. The van der Waals surface area contributed by atoms with Gasteiger partial charge in [0.15, 0.2) is 0 Å². The minimum Gasteiger partial charge on any atom is -0.480 e. The Kier molecular flexibility index (Phi) is 5.80. The lowest BCUT2D eigenvalue weighted by Crippen LogP contribution is -2.43. The maximum absolute atomic E-state index is 12.0. The quantitative estimate of drug-likeness (QED) is 0.822. The molecule has 1 amide bonds. The molecule has 6 heteroatoms. The van der Waals surface area contributed by atoms with Gasteiger partial charge in [0.1, 0.15) is 11.6 Å². The molecule has 116 valence electrons. The zero-order valence-corrected chi connectivity index (χ0v) is 12.6. The maximum Gasteiger partial charge on any atom is 0.410 e. The number of hydrogen-bond acceptors (Lipinski definition) is 4. The first-order valence-electron chi connectivity index (χ1n) is 7.15. The number of amides is 1. The summed E-state index contributed by atoms with van der Waals surface area (Å²) in [6, 6.07) is -0.813. The largest absolute Gasteiger partial charge is 0.480 e. The lowest BCUT2D eigenvalue weighted by Gasteiger charge is -2.34. The number of ether oxygens (including phenoxy) is 1. The van der Waals surface area contributed by atoms with Gasteiger partial charge in [0, 0.05) is 13.1 Å². The van der Waals surface area contributed by atoms with Gasteiger partial charge in [0.05, 0.1) is 0 Å². The van der Waals surface area contributed by atoms with Gasteiger partial charge in [-0.25, -0.2) is 4.79 Å². The zero-order valence-electron chi connectivity index (χ0n) is 12.6. The molecular formula is C14H26N2O4. The topological polar surface area (TPSA) is 92.9 Å². The van der Waals surface area contributed by atoms with Crippen LogP contribution in [0.3, 0.4) is 0 Å². The van der Waals surface area contributed by atoms with Gasteiger partial charge in [-0.1, -0.05) is 0 Å². The highest BCUT2D eigenvalue weighted by Gasteiger charge is 2.28. The highest BCUT2D eigenvalue weighted by molar-refractivity contribution is 5.73. The second-order valence-corrected chi connectivity index (χ2v) is 6.46. The molecule has 0 aromatic heterocycles. The molecule has 2 atom stereocenters. The number of nitrogens with zero attached hydrogens (tertiary/aromatic N) is 1. The third-order valence-electron chi connectivity index (χ3n) is 3.37. The van der Waals surface area contributed by atoms with Crippen LogP contribution < -0.4 is 5.73 Å². The van der Waals surface area contributed by atoms with Gasteiger partial charge in [-0.15, -0.1) is 0 Å². The van der Waals surface area contributed by atoms with Crippen molar-refractivity contribution in [2.75, 3.05) is 13.1 Å². The molecule has 1 saturated heterocycles. The molecule has 0 saturated carbocycles. The van der Waals surface area contributed by atoms with Gasteiger partial charge in [0.25, 0.3) is 0 Å². The smallest absolute Gasteiger partial charge is 0.410 e. The Labute approximate surface area is 120 Å². The number of piperidine rings is 1. The van der Waals surface area contributed by atoms with Crippen molar-refractivity contribution in [1.29, 1.82) is 0 Å². The Bertz CT molecular complexity index is 352. The molecule has 1 aliphatic rings. The van der Waals surface area contributed by atoms with E-state index in [1.807, 2.05) is 20.8 Å². The predicted molar refractivity (Wildman–Crippen MR) is 75.4 cm³/mol. The highest BCUT2D eigenvalue weighted by Crippen LogP contribution is 2.23. The Morgan fingerprint density at radius 2 is 2.10 bits per heavy atom. The molecule has 6 nitrogen and oxygen atoms in total. The molecule has 1 rings (SSSR count). The van der Waals surface area contributed by atoms with Crippen molar-refractivity contribution in [2.24, 2.45) is 11.7 Å². The van der Waals surface area contributed by atoms with Crippen LogP contribution in [0.25, 0.3) is 0 Å². The van der Waals surface area contributed by atoms with Crippen molar-refractivity contribution >= 4 is 12.1 Å². The van der Waals surface area contributed by atoms with Crippen LogP contribution in [0.4, 0.5) is 4.79 Å². The van der Waals surface area contributed by atoms with E-state index in [1.165, 1.54) is 0 Å². The van der Waals surface area contributed by atoms with Crippen molar-refractivity contribution in [3.05, 3.63) is 0 Å². The second-order valence-electron chi connectivity index (χ2n) is 6.46. The summed E-state index contributed by atoms with van der Waals surface area (Å²) in [6.07, 6.45) is 2.82. The Balaban J connectivity index is 2.42. The van der Waals surface area contributed by atoms with E-state index in [0.29, 0.717) is 25.4 Å². The molecule has 1 heterocycles. The summed E-state index contributed by atoms with van der Waals surface area (Å²) >= 11 is 0. The Hall–Kier alpha value is -1.30. The number of nitrogens with two attached hydrogens (primary N) is 1. The monoisotopic (exact) mass is 286 g/mol. The van der Waals surface area contributed by atoms with Crippen LogP contribution in [0.15, 0.2) is 0 Å². The summed E-state index contributed by atoms with van der Waals surface area (Å²) < 4.78 is 5.36. The number of carbonyl (C=O) groups excluding carboxylic acids is 1. The second kappa shape index (κ2) is 6.92. The van der Waals surface area contributed by atoms with E-state index in [0.717, 1.165) is 19.3 Å². The minimum atomic E-state index is -0.968. The van der Waals surface area contributed by atoms with E-state index in [2.05, 4.69) is 0 Å². The van der Waals surface area contributed by atoms with Crippen LogP contribution in [0.5, 0.6) is 0 Å². The molecule has 0 aromatic rings. The third kappa shape index (κ3) is 5.77. The fourth-order valence-electron chi connectivity index (χ4n) is 2.33. The molecule has 1 aliphatic heterocycles. The van der Waals surface area contributed by atoms with Crippen molar-refractivity contribution in [3.63, 3.8) is 0 Å². The normalized spacial score (nSPS) is 21.4. The number of rotatable bonds is 4. The van der Waals surface area contributed by atoms with Crippen LogP contribution in [-0.2, 0) is 9.53 Å². The van der Waals surface area contributed by atoms with Crippen molar-refractivity contribution in [1.82, 2.24) is 4.90 Å². The standard InChI is InChI=1S/C14H26N2O4/c1-14(2,3)20-13(19)16-8-4-5-10(9-16)6-7-11(15)12(17)18/h10-11H,4-9,15H2,1-3H3,(H,17,18).